The summed E-state index contributed by atoms with van der Waals surface area (Å²) in [4.78, 5) is 23.6. The van der Waals surface area contributed by atoms with Gasteiger partial charge in [-0.05, 0) is 24.1 Å². The normalized spacial score (nSPS) is 13.0. The second-order valence-corrected chi connectivity index (χ2v) is 4.79. The molecule has 0 amide bonds. The summed E-state index contributed by atoms with van der Waals surface area (Å²) >= 11 is 0. The third-order valence-electron chi connectivity index (χ3n) is 3.60. The Morgan fingerprint density at radius 1 is 1.19 bits per heavy atom. The zero-order valence-corrected chi connectivity index (χ0v) is 11.0. The van der Waals surface area contributed by atoms with Crippen molar-refractivity contribution in [3.8, 4) is 0 Å². The summed E-state index contributed by atoms with van der Waals surface area (Å²) in [7, 11) is 0. The number of fused-ring (bicyclic) bond motifs is 1. The minimum Gasteiger partial charge on any atom is -0.478 e. The van der Waals surface area contributed by atoms with Crippen molar-refractivity contribution in [2.24, 2.45) is 0 Å². The van der Waals surface area contributed by atoms with Gasteiger partial charge < -0.3 is 10.0 Å². The Labute approximate surface area is 120 Å². The fourth-order valence-corrected chi connectivity index (χ4v) is 2.63. The van der Waals surface area contributed by atoms with E-state index in [1.807, 2.05) is 29.2 Å². The number of benzene rings is 2. The lowest BCUT2D eigenvalue weighted by Gasteiger charge is -2.21. The topological polar surface area (TPSA) is 83.7 Å². The molecule has 0 fully saturated rings. The van der Waals surface area contributed by atoms with Crippen molar-refractivity contribution < 1.29 is 14.8 Å². The predicted molar refractivity (Wildman–Crippen MR) is 77.2 cm³/mol. The third kappa shape index (κ3) is 2.20. The Kier molecular flexibility index (Phi) is 3.06. The molecular weight excluding hydrogens is 272 g/mol. The van der Waals surface area contributed by atoms with E-state index in [4.69, 9.17) is 0 Å². The van der Waals surface area contributed by atoms with Crippen molar-refractivity contribution in [2.45, 2.75) is 6.42 Å². The Morgan fingerprint density at radius 2 is 1.95 bits per heavy atom. The van der Waals surface area contributed by atoms with E-state index in [1.54, 1.807) is 0 Å². The summed E-state index contributed by atoms with van der Waals surface area (Å²) in [5, 5.41) is 20.2. The zero-order valence-electron chi connectivity index (χ0n) is 11.0. The van der Waals surface area contributed by atoms with Gasteiger partial charge in [0.15, 0.2) is 0 Å². The molecule has 0 saturated heterocycles. The number of nitro benzene ring substituents is 1. The quantitative estimate of drug-likeness (QED) is 0.692. The second kappa shape index (κ2) is 4.90. The lowest BCUT2D eigenvalue weighted by atomic mass is 10.1. The Hall–Kier alpha value is -2.89. The minimum atomic E-state index is -1.09. The number of nitro groups is 1. The van der Waals surface area contributed by atoms with E-state index >= 15 is 0 Å². The molecule has 6 nitrogen and oxygen atoms in total. The van der Waals surface area contributed by atoms with Gasteiger partial charge >= 0.3 is 5.97 Å². The fourth-order valence-electron chi connectivity index (χ4n) is 2.63. The first-order valence-corrected chi connectivity index (χ1v) is 6.45. The molecule has 21 heavy (non-hydrogen) atoms. The Bertz CT molecular complexity index is 742. The van der Waals surface area contributed by atoms with Crippen molar-refractivity contribution in [3.63, 3.8) is 0 Å². The summed E-state index contributed by atoms with van der Waals surface area (Å²) in [6, 6.07) is 11.5. The van der Waals surface area contributed by atoms with Crippen molar-refractivity contribution in [1.82, 2.24) is 0 Å². The molecule has 0 bridgehead atoms. The summed E-state index contributed by atoms with van der Waals surface area (Å²) < 4.78 is 0. The Balaban J connectivity index is 2.15. The van der Waals surface area contributed by atoms with E-state index in [1.165, 1.54) is 18.2 Å². The number of nitrogens with zero attached hydrogens (tertiary/aromatic N) is 2. The van der Waals surface area contributed by atoms with Crippen LogP contribution in [-0.2, 0) is 6.42 Å². The maximum absolute atomic E-state index is 11.4. The summed E-state index contributed by atoms with van der Waals surface area (Å²) in [5.74, 6) is -1.09. The molecule has 0 radical (unpaired) electrons. The first-order chi connectivity index (χ1) is 10.1. The SMILES string of the molecule is O=C(O)c1ccc([N+](=O)[O-])cc1N1CCc2ccccc21. The van der Waals surface area contributed by atoms with Crippen LogP contribution >= 0.6 is 0 Å². The molecule has 0 saturated carbocycles. The number of anilines is 2. The van der Waals surface area contributed by atoms with E-state index in [-0.39, 0.29) is 11.3 Å². The third-order valence-corrected chi connectivity index (χ3v) is 3.60. The smallest absolute Gasteiger partial charge is 0.337 e. The molecule has 0 aromatic heterocycles. The van der Waals surface area contributed by atoms with E-state index in [0.717, 1.165) is 17.7 Å². The Morgan fingerprint density at radius 3 is 2.67 bits per heavy atom. The summed E-state index contributed by atoms with van der Waals surface area (Å²) in [6.07, 6.45) is 0.790. The number of hydrogen-bond acceptors (Lipinski definition) is 4. The molecule has 1 N–H and O–H groups in total. The molecule has 1 aliphatic rings. The number of carboxylic acids is 1. The second-order valence-electron chi connectivity index (χ2n) is 4.79. The highest BCUT2D eigenvalue weighted by atomic mass is 16.6. The first kappa shape index (κ1) is 13.1. The molecule has 0 aliphatic carbocycles. The van der Waals surface area contributed by atoms with Crippen LogP contribution in [-0.4, -0.2) is 22.5 Å². The lowest BCUT2D eigenvalue weighted by molar-refractivity contribution is -0.384. The van der Waals surface area contributed by atoms with E-state index < -0.39 is 10.9 Å². The maximum Gasteiger partial charge on any atom is 0.337 e. The zero-order chi connectivity index (χ0) is 15.0. The van der Waals surface area contributed by atoms with E-state index in [0.29, 0.717) is 12.2 Å². The monoisotopic (exact) mass is 284 g/mol. The highest BCUT2D eigenvalue weighted by molar-refractivity contribution is 5.96. The number of carboxylic acid groups (broad SMARTS) is 1. The number of hydrogen-bond donors (Lipinski definition) is 1. The molecule has 3 rings (SSSR count). The number of rotatable bonds is 3. The van der Waals surface area contributed by atoms with Crippen LogP contribution in [0.5, 0.6) is 0 Å². The van der Waals surface area contributed by atoms with Crippen LogP contribution < -0.4 is 4.90 Å². The van der Waals surface area contributed by atoms with Gasteiger partial charge in [0.1, 0.15) is 0 Å². The van der Waals surface area contributed by atoms with Crippen molar-refractivity contribution in [3.05, 3.63) is 63.7 Å². The van der Waals surface area contributed by atoms with Gasteiger partial charge in [-0.25, -0.2) is 4.79 Å². The van der Waals surface area contributed by atoms with Gasteiger partial charge in [0, 0.05) is 24.4 Å². The van der Waals surface area contributed by atoms with Gasteiger partial charge in [-0.1, -0.05) is 18.2 Å². The molecular formula is C15H12N2O4. The maximum atomic E-state index is 11.4. The lowest BCUT2D eigenvalue weighted by Crippen LogP contribution is -2.17. The van der Waals surface area contributed by atoms with E-state index in [2.05, 4.69) is 0 Å². The molecule has 0 atom stereocenters. The minimum absolute atomic E-state index is 0.0669. The van der Waals surface area contributed by atoms with Crippen LogP contribution in [0.2, 0.25) is 0 Å². The van der Waals surface area contributed by atoms with E-state index in [9.17, 15) is 20.0 Å². The molecule has 0 unspecified atom stereocenters. The van der Waals surface area contributed by atoms with Gasteiger partial charge in [-0.3, -0.25) is 10.1 Å². The van der Waals surface area contributed by atoms with Crippen molar-refractivity contribution in [2.75, 3.05) is 11.4 Å². The molecule has 106 valence electrons. The highest BCUT2D eigenvalue weighted by Crippen LogP contribution is 2.37. The van der Waals surface area contributed by atoms with Gasteiger partial charge in [0.05, 0.1) is 16.2 Å². The van der Waals surface area contributed by atoms with Crippen LogP contribution in [0.25, 0.3) is 0 Å². The van der Waals surface area contributed by atoms with Crippen LogP contribution in [0.1, 0.15) is 15.9 Å². The summed E-state index contributed by atoms with van der Waals surface area (Å²) in [6.45, 7) is 0.612. The van der Waals surface area contributed by atoms with Crippen molar-refractivity contribution in [1.29, 1.82) is 0 Å². The number of carbonyl (C=O) groups is 1. The molecule has 6 heteroatoms. The van der Waals surface area contributed by atoms with Crippen LogP contribution in [0.15, 0.2) is 42.5 Å². The molecule has 0 spiro atoms. The molecule has 2 aromatic carbocycles. The van der Waals surface area contributed by atoms with Crippen LogP contribution in [0, 0.1) is 10.1 Å². The standard InChI is InChI=1S/C15H12N2O4/c18-15(19)12-6-5-11(17(20)21)9-14(12)16-8-7-10-3-1-2-4-13(10)16/h1-6,9H,7-8H2,(H,18,19). The predicted octanol–water partition coefficient (Wildman–Crippen LogP) is 2.99. The van der Waals surface area contributed by atoms with Crippen molar-refractivity contribution >= 4 is 23.0 Å². The number of non-ortho nitro benzene ring substituents is 1. The largest absolute Gasteiger partial charge is 0.478 e. The molecule has 2 aromatic rings. The summed E-state index contributed by atoms with van der Waals surface area (Å²) in [5.41, 5.74) is 2.33. The number of para-hydroxylation sites is 1. The fraction of sp³-hybridized carbons (Fsp3) is 0.133. The number of aromatic carboxylic acids is 1. The van der Waals surface area contributed by atoms with Crippen LogP contribution in [0.4, 0.5) is 17.1 Å². The first-order valence-electron chi connectivity index (χ1n) is 6.45. The average Bonchev–Trinajstić information content (AvgIpc) is 2.90. The molecule has 1 aliphatic heterocycles. The van der Waals surface area contributed by atoms with Gasteiger partial charge in [0.2, 0.25) is 0 Å². The molecule has 1 heterocycles. The average molecular weight is 284 g/mol. The van der Waals surface area contributed by atoms with Gasteiger partial charge in [-0.15, -0.1) is 0 Å². The van der Waals surface area contributed by atoms with Crippen LogP contribution in [0.3, 0.4) is 0 Å². The highest BCUT2D eigenvalue weighted by Gasteiger charge is 2.25. The van der Waals surface area contributed by atoms with Gasteiger partial charge in [-0.2, -0.15) is 0 Å². The van der Waals surface area contributed by atoms with Gasteiger partial charge in [0.25, 0.3) is 5.69 Å².